The smallest absolute Gasteiger partial charge is 0.166 e. The van der Waals surface area contributed by atoms with Crippen LogP contribution in [0.25, 0.3) is 17.1 Å². The molecule has 6 rings (SSSR count). The lowest BCUT2D eigenvalue weighted by atomic mass is 10.0. The van der Waals surface area contributed by atoms with Crippen LogP contribution in [0.15, 0.2) is 36.7 Å². The van der Waals surface area contributed by atoms with Crippen molar-refractivity contribution in [3.8, 4) is 23.1 Å². The highest BCUT2D eigenvalue weighted by Crippen LogP contribution is 2.34. The van der Waals surface area contributed by atoms with Crippen molar-refractivity contribution < 1.29 is 4.79 Å². The fraction of sp³-hybridized carbons (Fsp3) is 0.333. The van der Waals surface area contributed by atoms with Crippen LogP contribution in [0.1, 0.15) is 63.5 Å². The zero-order valence-corrected chi connectivity index (χ0v) is 19.8. The fourth-order valence-corrected chi connectivity index (χ4v) is 4.97. The Hall–Kier alpha value is -4.12. The van der Waals surface area contributed by atoms with E-state index in [4.69, 9.17) is 10.4 Å². The van der Waals surface area contributed by atoms with Crippen molar-refractivity contribution in [3.05, 3.63) is 76.1 Å². The Morgan fingerprint density at radius 2 is 1.89 bits per heavy atom. The summed E-state index contributed by atoms with van der Waals surface area (Å²) in [6.45, 7) is 4.89. The molecule has 2 aliphatic carbocycles. The lowest BCUT2D eigenvalue weighted by molar-refractivity contribution is 0.0994. The number of aromatic nitrogens is 6. The van der Waals surface area contributed by atoms with Gasteiger partial charge in [0.2, 0.25) is 0 Å². The molecule has 0 N–H and O–H groups in total. The topological polar surface area (TPSA) is 102 Å². The van der Waals surface area contributed by atoms with Crippen LogP contribution in [0.2, 0.25) is 0 Å². The Bertz CT molecular complexity index is 1500. The van der Waals surface area contributed by atoms with Gasteiger partial charge in [0.1, 0.15) is 6.33 Å². The van der Waals surface area contributed by atoms with E-state index >= 15 is 0 Å². The predicted octanol–water partition coefficient (Wildman–Crippen LogP) is 4.14. The predicted molar refractivity (Wildman–Crippen MR) is 129 cm³/mol. The third-order valence-corrected chi connectivity index (χ3v) is 7.03. The van der Waals surface area contributed by atoms with Crippen molar-refractivity contribution in [2.75, 3.05) is 0 Å². The van der Waals surface area contributed by atoms with Gasteiger partial charge < -0.3 is 0 Å². The van der Waals surface area contributed by atoms with E-state index in [0.717, 1.165) is 51.7 Å². The van der Waals surface area contributed by atoms with Gasteiger partial charge in [0, 0.05) is 36.7 Å². The average Bonchev–Trinajstić information content (AvgIpc) is 3.41. The lowest BCUT2D eigenvalue weighted by Gasteiger charge is -2.09. The molecule has 8 heteroatoms. The fourth-order valence-electron chi connectivity index (χ4n) is 4.97. The highest BCUT2D eigenvalue weighted by molar-refractivity contribution is 6.01. The number of aryl methyl sites for hydroxylation is 1. The van der Waals surface area contributed by atoms with Gasteiger partial charge in [-0.25, -0.2) is 14.6 Å². The molecule has 0 bridgehead atoms. The van der Waals surface area contributed by atoms with Gasteiger partial charge in [-0.3, -0.25) is 9.48 Å². The first kappa shape index (κ1) is 21.4. The second kappa shape index (κ2) is 8.27. The summed E-state index contributed by atoms with van der Waals surface area (Å²) in [5, 5.41) is 18.7. The van der Waals surface area contributed by atoms with Gasteiger partial charge in [0.15, 0.2) is 11.6 Å². The molecule has 3 heterocycles. The largest absolute Gasteiger partial charge is 0.294 e. The molecule has 8 nitrogen and oxygen atoms in total. The van der Waals surface area contributed by atoms with Crippen LogP contribution in [0.4, 0.5) is 0 Å². The van der Waals surface area contributed by atoms with E-state index in [1.165, 1.54) is 12.8 Å². The molecule has 35 heavy (non-hydrogen) atoms. The van der Waals surface area contributed by atoms with Crippen LogP contribution in [0, 0.1) is 31.1 Å². The number of fused-ring (bicyclic) bond motifs is 1. The molecule has 1 saturated carbocycles. The van der Waals surface area contributed by atoms with E-state index < -0.39 is 0 Å². The van der Waals surface area contributed by atoms with Gasteiger partial charge in [-0.15, -0.1) is 0 Å². The van der Waals surface area contributed by atoms with E-state index in [1.807, 2.05) is 37.3 Å². The summed E-state index contributed by atoms with van der Waals surface area (Å²) in [4.78, 5) is 21.3. The van der Waals surface area contributed by atoms with Crippen molar-refractivity contribution >= 4 is 5.78 Å². The molecule has 174 valence electrons. The van der Waals surface area contributed by atoms with Gasteiger partial charge in [0.25, 0.3) is 0 Å². The summed E-state index contributed by atoms with van der Waals surface area (Å²) in [5.41, 5.74) is 8.17. The van der Waals surface area contributed by atoms with Crippen LogP contribution >= 0.6 is 0 Å². The van der Waals surface area contributed by atoms with Crippen LogP contribution in [0.5, 0.6) is 0 Å². The van der Waals surface area contributed by atoms with Gasteiger partial charge in [-0.2, -0.15) is 15.5 Å². The van der Waals surface area contributed by atoms with Crippen molar-refractivity contribution in [3.63, 3.8) is 0 Å². The lowest BCUT2D eigenvalue weighted by Crippen LogP contribution is -2.10. The molecule has 2 aliphatic rings. The van der Waals surface area contributed by atoms with Gasteiger partial charge >= 0.3 is 0 Å². The summed E-state index contributed by atoms with van der Waals surface area (Å²) < 4.78 is 3.94. The molecule has 4 aromatic rings. The highest BCUT2D eigenvalue weighted by Gasteiger charge is 2.29. The Balaban J connectivity index is 1.36. The van der Waals surface area contributed by atoms with E-state index in [2.05, 4.69) is 32.7 Å². The standard InChI is InChI=1S/C27H25N7O/c1-16-23(33(14-19-3-4-19)32-27(16)20-7-5-18(13-28)6-8-20)11-21-12-25(30-15-29-21)34-22-9-10-24(35)26(22)17(2)31-34/h5-8,12,15,19H,3-4,9-11,14H2,1-2H3. The number of benzene rings is 1. The number of Topliss-reactive ketones (excluding diaryl/α,β-unsaturated/α-hetero) is 1. The van der Waals surface area contributed by atoms with Crippen molar-refractivity contribution in [2.45, 2.75) is 52.5 Å². The zero-order valence-electron chi connectivity index (χ0n) is 19.8. The first-order valence-corrected chi connectivity index (χ1v) is 12.0. The van der Waals surface area contributed by atoms with E-state index in [1.54, 1.807) is 11.0 Å². The molecule has 0 saturated heterocycles. The Kier molecular flexibility index (Phi) is 5.06. The third-order valence-electron chi connectivity index (χ3n) is 7.03. The average molecular weight is 464 g/mol. The number of nitrogens with zero attached hydrogens (tertiary/aromatic N) is 7. The third kappa shape index (κ3) is 3.83. The SMILES string of the molecule is Cc1nn(-c2cc(Cc3c(C)c(-c4ccc(C#N)cc4)nn3CC3CC3)ncn2)c2c1C(=O)CC2. The monoisotopic (exact) mass is 463 g/mol. The molecule has 0 aliphatic heterocycles. The molecule has 0 unspecified atom stereocenters. The van der Waals surface area contributed by atoms with E-state index in [-0.39, 0.29) is 5.78 Å². The van der Waals surface area contributed by atoms with Crippen LogP contribution in [-0.4, -0.2) is 35.3 Å². The Labute approximate surface area is 203 Å². The zero-order chi connectivity index (χ0) is 24.1. The first-order valence-electron chi connectivity index (χ1n) is 12.0. The summed E-state index contributed by atoms with van der Waals surface area (Å²) in [6.07, 6.45) is 5.90. The number of hydrogen-bond donors (Lipinski definition) is 0. The number of carbonyl (C=O) groups is 1. The normalized spacial score (nSPS) is 14.8. The first-order chi connectivity index (χ1) is 17.0. The molecule has 1 fully saturated rings. The summed E-state index contributed by atoms with van der Waals surface area (Å²) in [5.74, 6) is 1.52. The molecule has 0 spiro atoms. The number of carbonyl (C=O) groups excluding carboxylic acids is 1. The van der Waals surface area contributed by atoms with Gasteiger partial charge in [0.05, 0.1) is 40.0 Å². The molecule has 3 aromatic heterocycles. The van der Waals surface area contributed by atoms with E-state index in [9.17, 15) is 4.79 Å². The molecular weight excluding hydrogens is 438 g/mol. The minimum atomic E-state index is 0.160. The summed E-state index contributed by atoms with van der Waals surface area (Å²) >= 11 is 0. The molecule has 0 radical (unpaired) electrons. The highest BCUT2D eigenvalue weighted by atomic mass is 16.1. The maximum Gasteiger partial charge on any atom is 0.166 e. The maximum atomic E-state index is 12.3. The van der Waals surface area contributed by atoms with Crippen molar-refractivity contribution in [1.29, 1.82) is 5.26 Å². The summed E-state index contributed by atoms with van der Waals surface area (Å²) in [6, 6.07) is 11.7. The number of rotatable bonds is 6. The van der Waals surface area contributed by atoms with Crippen LogP contribution < -0.4 is 0 Å². The summed E-state index contributed by atoms with van der Waals surface area (Å²) in [7, 11) is 0. The second-order valence-corrected chi connectivity index (χ2v) is 9.52. The Morgan fingerprint density at radius 1 is 1.09 bits per heavy atom. The molecule has 0 atom stereocenters. The van der Waals surface area contributed by atoms with Crippen molar-refractivity contribution in [2.24, 2.45) is 5.92 Å². The van der Waals surface area contributed by atoms with Gasteiger partial charge in [-0.1, -0.05) is 12.1 Å². The molecule has 1 aromatic carbocycles. The van der Waals surface area contributed by atoms with Crippen molar-refractivity contribution in [1.82, 2.24) is 29.5 Å². The second-order valence-electron chi connectivity index (χ2n) is 9.52. The minimum Gasteiger partial charge on any atom is -0.294 e. The molecular formula is C27H25N7O. The Morgan fingerprint density at radius 3 is 2.63 bits per heavy atom. The van der Waals surface area contributed by atoms with Crippen LogP contribution in [-0.2, 0) is 19.4 Å². The maximum absolute atomic E-state index is 12.3. The minimum absolute atomic E-state index is 0.160. The number of nitriles is 1. The number of hydrogen-bond acceptors (Lipinski definition) is 6. The quantitative estimate of drug-likeness (QED) is 0.426. The van der Waals surface area contributed by atoms with Crippen LogP contribution in [0.3, 0.4) is 0 Å². The van der Waals surface area contributed by atoms with Gasteiger partial charge in [-0.05, 0) is 56.7 Å². The number of ketones is 1. The molecule has 0 amide bonds. The van der Waals surface area contributed by atoms with E-state index in [0.29, 0.717) is 36.6 Å².